The van der Waals surface area contributed by atoms with E-state index < -0.39 is 0 Å². The first-order chi connectivity index (χ1) is 10.4. The fourth-order valence-electron chi connectivity index (χ4n) is 2.15. The first-order valence-corrected chi connectivity index (χ1v) is 7.51. The van der Waals surface area contributed by atoms with Crippen LogP contribution >= 0.6 is 0 Å². The van der Waals surface area contributed by atoms with Crippen molar-refractivity contribution in [2.45, 2.75) is 46.8 Å². The summed E-state index contributed by atoms with van der Waals surface area (Å²) in [6, 6.07) is 9.19. The Hall–Kier alpha value is -2.30. The Bertz CT molecular complexity index is 642. The third-order valence-electron chi connectivity index (χ3n) is 3.08. The number of ether oxygens (including phenoxy) is 1. The van der Waals surface area contributed by atoms with Gasteiger partial charge in [0.1, 0.15) is 11.6 Å². The predicted octanol–water partition coefficient (Wildman–Crippen LogP) is 3.81. The molecule has 1 amide bonds. The first kappa shape index (κ1) is 16.1. The van der Waals surface area contributed by atoms with Crippen LogP contribution in [0.2, 0.25) is 0 Å². The molecule has 22 heavy (non-hydrogen) atoms. The van der Waals surface area contributed by atoms with Crippen LogP contribution in [0.15, 0.2) is 30.3 Å². The SMILES string of the molecule is Cc1cc(NC(=O)c2ccc(OC(C)C)cc2)n(C(C)C)n1. The number of benzene rings is 1. The standard InChI is InChI=1S/C17H23N3O2/c1-11(2)20-16(10-13(5)19-20)18-17(21)14-6-8-15(9-7-14)22-12(3)4/h6-12H,1-5H3,(H,18,21). The van der Waals surface area contributed by atoms with Crippen LogP contribution in [0, 0.1) is 6.92 Å². The van der Waals surface area contributed by atoms with Gasteiger partial charge in [-0.15, -0.1) is 0 Å². The Balaban J connectivity index is 2.12. The summed E-state index contributed by atoms with van der Waals surface area (Å²) in [7, 11) is 0. The fraction of sp³-hybridized carbons (Fsp3) is 0.412. The van der Waals surface area contributed by atoms with E-state index in [1.165, 1.54) is 0 Å². The summed E-state index contributed by atoms with van der Waals surface area (Å²) in [4.78, 5) is 12.3. The van der Waals surface area contributed by atoms with E-state index in [2.05, 4.69) is 10.4 Å². The molecule has 0 spiro atoms. The van der Waals surface area contributed by atoms with E-state index in [1.54, 1.807) is 24.3 Å². The van der Waals surface area contributed by atoms with Crippen LogP contribution in [-0.2, 0) is 0 Å². The zero-order valence-electron chi connectivity index (χ0n) is 13.8. The van der Waals surface area contributed by atoms with E-state index in [0.29, 0.717) is 11.4 Å². The molecule has 0 bridgehead atoms. The normalized spacial score (nSPS) is 11.0. The monoisotopic (exact) mass is 301 g/mol. The zero-order chi connectivity index (χ0) is 16.3. The lowest BCUT2D eigenvalue weighted by Gasteiger charge is -2.12. The highest BCUT2D eigenvalue weighted by atomic mass is 16.5. The number of carbonyl (C=O) groups excluding carboxylic acids is 1. The zero-order valence-corrected chi connectivity index (χ0v) is 13.8. The van der Waals surface area contributed by atoms with E-state index >= 15 is 0 Å². The van der Waals surface area contributed by atoms with Crippen LogP contribution in [0.3, 0.4) is 0 Å². The molecule has 5 nitrogen and oxygen atoms in total. The minimum Gasteiger partial charge on any atom is -0.491 e. The topological polar surface area (TPSA) is 56.1 Å². The number of hydrogen-bond acceptors (Lipinski definition) is 3. The molecule has 0 saturated carbocycles. The third kappa shape index (κ3) is 3.87. The van der Waals surface area contributed by atoms with Crippen LogP contribution in [0.25, 0.3) is 0 Å². The molecule has 2 rings (SSSR count). The third-order valence-corrected chi connectivity index (χ3v) is 3.08. The van der Waals surface area contributed by atoms with Gasteiger partial charge in [-0.2, -0.15) is 5.10 Å². The Labute approximate surface area is 131 Å². The van der Waals surface area contributed by atoms with Gasteiger partial charge in [0.05, 0.1) is 11.8 Å². The van der Waals surface area contributed by atoms with Gasteiger partial charge in [-0.05, 0) is 58.9 Å². The van der Waals surface area contributed by atoms with Crippen molar-refractivity contribution in [3.05, 3.63) is 41.6 Å². The Kier molecular flexibility index (Phi) is 4.85. The quantitative estimate of drug-likeness (QED) is 0.913. The van der Waals surface area contributed by atoms with Crippen LogP contribution in [0.1, 0.15) is 49.8 Å². The lowest BCUT2D eigenvalue weighted by Crippen LogP contribution is -2.16. The summed E-state index contributed by atoms with van der Waals surface area (Å²) in [6.07, 6.45) is 0.114. The molecule has 0 atom stereocenters. The van der Waals surface area contributed by atoms with Crippen molar-refractivity contribution in [2.75, 3.05) is 5.32 Å². The minimum atomic E-state index is -0.155. The van der Waals surface area contributed by atoms with Crippen LogP contribution in [0.4, 0.5) is 5.82 Å². The van der Waals surface area contributed by atoms with Crippen LogP contribution in [0.5, 0.6) is 5.75 Å². The van der Waals surface area contributed by atoms with Crippen molar-refractivity contribution in [2.24, 2.45) is 0 Å². The number of aryl methyl sites for hydroxylation is 1. The van der Waals surface area contributed by atoms with Crippen molar-refractivity contribution in [3.63, 3.8) is 0 Å². The molecule has 0 aliphatic rings. The van der Waals surface area contributed by atoms with Crippen LogP contribution in [-0.4, -0.2) is 21.8 Å². The number of rotatable bonds is 5. The number of amides is 1. The van der Waals surface area contributed by atoms with Crippen LogP contribution < -0.4 is 10.1 Å². The second-order valence-corrected chi connectivity index (χ2v) is 5.85. The number of carbonyl (C=O) groups is 1. The predicted molar refractivity (Wildman–Crippen MR) is 87.5 cm³/mol. The minimum absolute atomic E-state index is 0.114. The number of nitrogens with zero attached hydrogens (tertiary/aromatic N) is 2. The molecule has 118 valence electrons. The van der Waals surface area contributed by atoms with Crippen molar-refractivity contribution in [3.8, 4) is 5.75 Å². The van der Waals surface area contributed by atoms with Gasteiger partial charge >= 0.3 is 0 Å². The number of anilines is 1. The Morgan fingerprint density at radius 2 is 1.82 bits per heavy atom. The Morgan fingerprint density at radius 3 is 2.36 bits per heavy atom. The van der Waals surface area contributed by atoms with Crippen molar-refractivity contribution >= 4 is 11.7 Å². The van der Waals surface area contributed by atoms with E-state index in [1.807, 2.05) is 45.4 Å². The molecule has 0 saturated heterocycles. The molecule has 1 aromatic heterocycles. The average molecular weight is 301 g/mol. The number of aromatic nitrogens is 2. The number of nitrogens with one attached hydrogen (secondary N) is 1. The summed E-state index contributed by atoms with van der Waals surface area (Å²) in [5.74, 6) is 1.31. The molecule has 1 heterocycles. The van der Waals surface area contributed by atoms with Gasteiger partial charge in [-0.3, -0.25) is 4.79 Å². The van der Waals surface area contributed by atoms with E-state index in [9.17, 15) is 4.79 Å². The summed E-state index contributed by atoms with van der Waals surface area (Å²) >= 11 is 0. The molecule has 2 aromatic rings. The smallest absolute Gasteiger partial charge is 0.256 e. The van der Waals surface area contributed by atoms with Gasteiger partial charge < -0.3 is 10.1 Å². The maximum atomic E-state index is 12.3. The second kappa shape index (κ2) is 6.64. The highest BCUT2D eigenvalue weighted by Gasteiger charge is 2.13. The van der Waals surface area contributed by atoms with E-state index in [-0.39, 0.29) is 18.1 Å². The highest BCUT2D eigenvalue weighted by Crippen LogP contribution is 2.18. The van der Waals surface area contributed by atoms with Gasteiger partial charge in [0.15, 0.2) is 0 Å². The van der Waals surface area contributed by atoms with Gasteiger partial charge in [0.2, 0.25) is 0 Å². The summed E-state index contributed by atoms with van der Waals surface area (Å²) in [5, 5.41) is 7.30. The maximum absolute atomic E-state index is 12.3. The lowest BCUT2D eigenvalue weighted by molar-refractivity contribution is 0.102. The average Bonchev–Trinajstić information content (AvgIpc) is 2.80. The van der Waals surface area contributed by atoms with Gasteiger partial charge in [-0.1, -0.05) is 0 Å². The molecule has 0 aliphatic carbocycles. The fourth-order valence-corrected chi connectivity index (χ4v) is 2.15. The molecule has 1 N–H and O–H groups in total. The molecule has 1 aromatic carbocycles. The van der Waals surface area contributed by atoms with Crippen molar-refractivity contribution in [1.29, 1.82) is 0 Å². The van der Waals surface area contributed by atoms with E-state index in [0.717, 1.165) is 11.4 Å². The van der Waals surface area contributed by atoms with Gasteiger partial charge in [-0.25, -0.2) is 4.68 Å². The first-order valence-electron chi connectivity index (χ1n) is 7.51. The summed E-state index contributed by atoms with van der Waals surface area (Å²) in [6.45, 7) is 9.90. The molecule has 0 radical (unpaired) electrons. The molecule has 0 unspecified atom stereocenters. The molecule has 0 aliphatic heterocycles. The van der Waals surface area contributed by atoms with Crippen molar-refractivity contribution < 1.29 is 9.53 Å². The maximum Gasteiger partial charge on any atom is 0.256 e. The van der Waals surface area contributed by atoms with Gasteiger partial charge in [0.25, 0.3) is 5.91 Å². The number of hydrogen-bond donors (Lipinski definition) is 1. The summed E-state index contributed by atoms with van der Waals surface area (Å²) in [5.41, 5.74) is 1.47. The second-order valence-electron chi connectivity index (χ2n) is 5.85. The lowest BCUT2D eigenvalue weighted by atomic mass is 10.2. The molecule has 0 fully saturated rings. The molecule has 5 heteroatoms. The van der Waals surface area contributed by atoms with Gasteiger partial charge in [0, 0.05) is 17.7 Å². The van der Waals surface area contributed by atoms with E-state index in [4.69, 9.17) is 4.74 Å². The summed E-state index contributed by atoms with van der Waals surface area (Å²) < 4.78 is 7.38. The Morgan fingerprint density at radius 1 is 1.18 bits per heavy atom. The molecular formula is C17H23N3O2. The largest absolute Gasteiger partial charge is 0.491 e. The van der Waals surface area contributed by atoms with Crippen molar-refractivity contribution in [1.82, 2.24) is 9.78 Å². The molecular weight excluding hydrogens is 278 g/mol. The highest BCUT2D eigenvalue weighted by molar-refractivity contribution is 6.03.